The molecule has 0 saturated heterocycles. The maximum absolute atomic E-state index is 5.96. The zero-order chi connectivity index (χ0) is 13.9. The number of benzene rings is 1. The molecule has 0 heterocycles. The molecule has 1 aromatic rings. The fourth-order valence-corrected chi connectivity index (χ4v) is 1.55. The minimum absolute atomic E-state index is 0.432. The minimum Gasteiger partial charge on any atom is -0.490 e. The molecule has 0 fully saturated rings. The summed E-state index contributed by atoms with van der Waals surface area (Å²) in [6.45, 7) is 3.17. The van der Waals surface area contributed by atoms with E-state index in [-0.39, 0.29) is 0 Å². The molecule has 0 aliphatic carbocycles. The first-order valence-electron chi connectivity index (χ1n) is 6.06. The largest absolute Gasteiger partial charge is 0.490 e. The highest BCUT2D eigenvalue weighted by molar-refractivity contribution is 6.32. The molecule has 0 atom stereocenters. The molecular formula is C13H20ClNO4. The molecule has 2 N–H and O–H groups in total. The highest BCUT2D eigenvalue weighted by Gasteiger charge is 2.01. The van der Waals surface area contributed by atoms with Crippen molar-refractivity contribution in [1.82, 2.24) is 0 Å². The summed E-state index contributed by atoms with van der Waals surface area (Å²) in [6.07, 6.45) is 0. The van der Waals surface area contributed by atoms with Gasteiger partial charge in [-0.2, -0.15) is 0 Å². The Kier molecular flexibility index (Phi) is 8.33. The van der Waals surface area contributed by atoms with Crippen LogP contribution in [0, 0.1) is 0 Å². The van der Waals surface area contributed by atoms with E-state index in [0.29, 0.717) is 56.1 Å². The van der Waals surface area contributed by atoms with Gasteiger partial charge in [0.05, 0.1) is 38.1 Å². The number of halogens is 1. The van der Waals surface area contributed by atoms with Gasteiger partial charge in [0.25, 0.3) is 0 Å². The van der Waals surface area contributed by atoms with Crippen LogP contribution in [0.1, 0.15) is 0 Å². The van der Waals surface area contributed by atoms with Crippen LogP contribution in [0.15, 0.2) is 18.2 Å². The first-order chi connectivity index (χ1) is 9.24. The molecule has 0 amide bonds. The van der Waals surface area contributed by atoms with Gasteiger partial charge in [-0.1, -0.05) is 11.6 Å². The topological polar surface area (TPSA) is 62.9 Å². The van der Waals surface area contributed by atoms with Gasteiger partial charge in [0.1, 0.15) is 12.4 Å². The number of anilines is 1. The van der Waals surface area contributed by atoms with Gasteiger partial charge in [-0.05, 0) is 18.2 Å². The van der Waals surface area contributed by atoms with E-state index in [1.807, 2.05) is 0 Å². The third-order valence-corrected chi connectivity index (χ3v) is 2.54. The Morgan fingerprint density at radius 3 is 2.26 bits per heavy atom. The van der Waals surface area contributed by atoms with E-state index in [1.165, 1.54) is 0 Å². The molecule has 19 heavy (non-hydrogen) atoms. The monoisotopic (exact) mass is 289 g/mol. The maximum atomic E-state index is 5.96. The summed E-state index contributed by atoms with van der Waals surface area (Å²) >= 11 is 5.96. The van der Waals surface area contributed by atoms with E-state index in [2.05, 4.69) is 0 Å². The lowest BCUT2D eigenvalue weighted by molar-refractivity contribution is 0.0180. The standard InChI is InChI=1S/C13H20ClNO4/c1-16-4-5-17-6-7-18-8-9-19-13-3-2-11(15)10-12(13)14/h2-3,10H,4-9,15H2,1H3. The molecule has 0 spiro atoms. The summed E-state index contributed by atoms with van der Waals surface area (Å²) in [5.74, 6) is 0.607. The minimum atomic E-state index is 0.432. The third-order valence-electron chi connectivity index (χ3n) is 2.24. The average molecular weight is 290 g/mol. The highest BCUT2D eigenvalue weighted by atomic mass is 35.5. The molecule has 108 valence electrons. The molecule has 0 saturated carbocycles. The molecule has 0 bridgehead atoms. The summed E-state index contributed by atoms with van der Waals surface area (Å²) in [4.78, 5) is 0. The fourth-order valence-electron chi connectivity index (χ4n) is 1.31. The van der Waals surface area contributed by atoms with Crippen molar-refractivity contribution >= 4 is 17.3 Å². The van der Waals surface area contributed by atoms with Crippen molar-refractivity contribution in [2.24, 2.45) is 0 Å². The predicted molar refractivity (Wildman–Crippen MR) is 74.9 cm³/mol. The van der Waals surface area contributed by atoms with Crippen molar-refractivity contribution in [3.05, 3.63) is 23.2 Å². The Bertz CT molecular complexity index is 362. The van der Waals surface area contributed by atoms with Gasteiger partial charge in [0.15, 0.2) is 0 Å². The SMILES string of the molecule is COCCOCCOCCOc1ccc(N)cc1Cl. The number of ether oxygens (including phenoxy) is 4. The van der Waals surface area contributed by atoms with E-state index in [4.69, 9.17) is 36.3 Å². The van der Waals surface area contributed by atoms with Gasteiger partial charge in [-0.25, -0.2) is 0 Å². The molecular weight excluding hydrogens is 270 g/mol. The zero-order valence-corrected chi connectivity index (χ0v) is 11.8. The molecule has 0 aliphatic heterocycles. The summed E-state index contributed by atoms with van der Waals surface area (Å²) in [6, 6.07) is 5.14. The Morgan fingerprint density at radius 2 is 1.63 bits per heavy atom. The summed E-state index contributed by atoms with van der Waals surface area (Å²) < 4.78 is 20.9. The lowest BCUT2D eigenvalue weighted by Gasteiger charge is -2.09. The Balaban J connectivity index is 2.01. The number of hydrogen-bond acceptors (Lipinski definition) is 5. The van der Waals surface area contributed by atoms with Crippen molar-refractivity contribution in [2.75, 3.05) is 52.5 Å². The van der Waals surface area contributed by atoms with Crippen LogP contribution >= 0.6 is 11.6 Å². The maximum Gasteiger partial charge on any atom is 0.138 e. The van der Waals surface area contributed by atoms with Crippen LogP contribution in [0.5, 0.6) is 5.75 Å². The molecule has 6 heteroatoms. The summed E-state index contributed by atoms with van der Waals surface area (Å²) in [5, 5.41) is 0.503. The van der Waals surface area contributed by atoms with Crippen LogP contribution in [-0.2, 0) is 14.2 Å². The normalized spacial score (nSPS) is 10.6. The summed E-state index contributed by atoms with van der Waals surface area (Å²) in [7, 11) is 1.64. The van der Waals surface area contributed by atoms with Gasteiger partial charge in [-0.15, -0.1) is 0 Å². The molecule has 0 unspecified atom stereocenters. The highest BCUT2D eigenvalue weighted by Crippen LogP contribution is 2.26. The second-order valence-electron chi connectivity index (χ2n) is 3.76. The van der Waals surface area contributed by atoms with Gasteiger partial charge in [-0.3, -0.25) is 0 Å². The average Bonchev–Trinajstić information content (AvgIpc) is 2.39. The lowest BCUT2D eigenvalue weighted by atomic mass is 10.3. The zero-order valence-electron chi connectivity index (χ0n) is 11.1. The van der Waals surface area contributed by atoms with E-state index in [0.717, 1.165) is 0 Å². The molecule has 0 aliphatic rings. The fraction of sp³-hybridized carbons (Fsp3) is 0.538. The number of hydrogen-bond donors (Lipinski definition) is 1. The summed E-state index contributed by atoms with van der Waals surface area (Å²) in [5.41, 5.74) is 6.20. The molecule has 5 nitrogen and oxygen atoms in total. The van der Waals surface area contributed by atoms with Gasteiger partial charge < -0.3 is 24.7 Å². The van der Waals surface area contributed by atoms with Crippen LogP contribution < -0.4 is 10.5 Å². The molecule has 0 radical (unpaired) electrons. The van der Waals surface area contributed by atoms with E-state index < -0.39 is 0 Å². The molecule has 1 rings (SSSR count). The van der Waals surface area contributed by atoms with Gasteiger partial charge in [0.2, 0.25) is 0 Å². The van der Waals surface area contributed by atoms with Crippen molar-refractivity contribution in [3.63, 3.8) is 0 Å². The Labute approximate surface area is 118 Å². The number of nitrogens with two attached hydrogens (primary N) is 1. The Morgan fingerprint density at radius 1 is 1.00 bits per heavy atom. The second-order valence-corrected chi connectivity index (χ2v) is 4.16. The van der Waals surface area contributed by atoms with Crippen LogP contribution in [-0.4, -0.2) is 46.8 Å². The quantitative estimate of drug-likeness (QED) is 0.527. The predicted octanol–water partition coefficient (Wildman–Crippen LogP) is 1.98. The van der Waals surface area contributed by atoms with Crippen molar-refractivity contribution < 1.29 is 18.9 Å². The van der Waals surface area contributed by atoms with Crippen LogP contribution in [0.4, 0.5) is 5.69 Å². The van der Waals surface area contributed by atoms with Crippen LogP contribution in [0.2, 0.25) is 5.02 Å². The molecule has 0 aromatic heterocycles. The van der Waals surface area contributed by atoms with Crippen LogP contribution in [0.25, 0.3) is 0 Å². The smallest absolute Gasteiger partial charge is 0.138 e. The van der Waals surface area contributed by atoms with E-state index in [1.54, 1.807) is 25.3 Å². The first-order valence-corrected chi connectivity index (χ1v) is 6.44. The van der Waals surface area contributed by atoms with Crippen LogP contribution in [0.3, 0.4) is 0 Å². The number of methoxy groups -OCH3 is 1. The third kappa shape index (κ3) is 7.22. The van der Waals surface area contributed by atoms with Gasteiger partial charge >= 0.3 is 0 Å². The second kappa shape index (κ2) is 9.86. The lowest BCUT2D eigenvalue weighted by Crippen LogP contribution is -2.12. The van der Waals surface area contributed by atoms with Crippen molar-refractivity contribution in [1.29, 1.82) is 0 Å². The van der Waals surface area contributed by atoms with Crippen molar-refractivity contribution in [2.45, 2.75) is 0 Å². The van der Waals surface area contributed by atoms with Gasteiger partial charge in [0, 0.05) is 12.8 Å². The van der Waals surface area contributed by atoms with E-state index >= 15 is 0 Å². The first kappa shape index (κ1) is 16.0. The van der Waals surface area contributed by atoms with E-state index in [9.17, 15) is 0 Å². The van der Waals surface area contributed by atoms with Crippen molar-refractivity contribution in [3.8, 4) is 5.75 Å². The number of nitrogen functional groups attached to an aromatic ring is 1. The Hall–Kier alpha value is -1.01. The molecule has 1 aromatic carbocycles. The number of rotatable bonds is 10.